The van der Waals surface area contributed by atoms with Crippen LogP contribution in [0.3, 0.4) is 0 Å². The molecule has 10 aromatic rings. The monoisotopic (exact) mass is 1390 g/mol. The third-order valence-corrected chi connectivity index (χ3v) is 12.2. The molecule has 0 fully saturated rings. The first kappa shape index (κ1) is 77.1. The number of esters is 1. The second-order valence-electron chi connectivity index (χ2n) is 17.9. The minimum Gasteiger partial charge on any atom is -0.537 e. The van der Waals surface area contributed by atoms with Gasteiger partial charge in [-0.15, -0.1) is 11.6 Å². The number of anilines is 3. The average molecular weight is 1390 g/mol. The predicted octanol–water partition coefficient (Wildman–Crippen LogP) is 11.0. The number of carbonyl (C=O) groups excluding carboxylic acids is 4. The standard InChI is InChI=1S/C15H10FN3O3.C15H12FN3O.C11H8FN3O2.C6H5BFO2.C5H4ClN3O2.C5H7ClO3.C2H4O2.Zn/c1-9(20)13-8-17-15-14(19(21)22)12(6-7-18(13)15)10-2-4-11(16)5-3-10;1-9(20)13-8-18-15-14(17)12(6-7-19(13)15)10-2-4-11(16)5-3-10;12-8-3-1-7(2-4-8)9-5-6-14-11(13)10(9)15(16)17;8-5-1-3-6(4-2-5)10-7-9;6-3-1-2-8-5(7)4(3)9(10)11;1-2-9-5(8)4(6)3-7;1-2(3)4;/h2-8H,1H3;2-8H,17H2,1H3;1-6H,(H2,13,14);1-4,9H;1-2H,(H2,7,8);3-4H,2H2,1H3;1H3,(H,3,4);. The van der Waals surface area contributed by atoms with Crippen LogP contribution in [0.15, 0.2) is 159 Å². The third kappa shape index (κ3) is 22.1. The molecule has 0 aliphatic rings. The molecule has 8 N–H and O–H groups in total. The fraction of sp³-hybridized carbons (Fsp3) is 0.102. The number of nitrogen functional groups attached to an aromatic ring is 3. The molecule has 0 aliphatic carbocycles. The van der Waals surface area contributed by atoms with Crippen LogP contribution in [0.4, 0.5) is 51.9 Å². The first-order chi connectivity index (χ1) is 44.1. The molecule has 483 valence electrons. The number of carboxylic acid groups (broad SMARTS) is 1. The number of nitrogens with zero attached hydrogens (tertiary/aromatic N) is 9. The molecule has 0 saturated carbocycles. The van der Waals surface area contributed by atoms with Gasteiger partial charge in [-0.1, -0.05) is 48.0 Å². The van der Waals surface area contributed by atoms with Crippen molar-refractivity contribution in [2.75, 3.05) is 23.8 Å². The normalized spacial score (nSPS) is 10.2. The Kier molecular flexibility index (Phi) is 30.6. The van der Waals surface area contributed by atoms with E-state index in [4.69, 9.17) is 55.3 Å². The number of benzene rings is 4. The molecule has 1 unspecified atom stereocenters. The Bertz CT molecular complexity index is 4270. The number of aliphatic carboxylic acids is 1. The van der Waals surface area contributed by atoms with Crippen molar-refractivity contribution in [3.8, 4) is 39.1 Å². The summed E-state index contributed by atoms with van der Waals surface area (Å²) in [6.45, 7) is 5.82. The number of alkyl halides is 1. The Morgan fingerprint density at radius 3 is 1.36 bits per heavy atom. The van der Waals surface area contributed by atoms with Crippen LogP contribution in [0, 0.1) is 53.6 Å². The molecule has 6 heterocycles. The van der Waals surface area contributed by atoms with Crippen LogP contribution < -0.4 is 21.9 Å². The number of carboxylic acids is 1. The van der Waals surface area contributed by atoms with Crippen molar-refractivity contribution in [1.29, 1.82) is 0 Å². The zero-order valence-electron chi connectivity index (χ0n) is 49.4. The van der Waals surface area contributed by atoms with Crippen LogP contribution >= 0.6 is 23.2 Å². The number of carbonyl (C=O) groups is 5. The molecular formula is C59H50BCl2F4N12O15Zn. The van der Waals surface area contributed by atoms with E-state index >= 15 is 0 Å². The van der Waals surface area contributed by atoms with Gasteiger partial charge in [-0.25, -0.2) is 42.3 Å². The summed E-state index contributed by atoms with van der Waals surface area (Å²) >= 11 is 10.6. The van der Waals surface area contributed by atoms with E-state index in [1.54, 1.807) is 41.9 Å². The van der Waals surface area contributed by atoms with Crippen LogP contribution in [0.5, 0.6) is 5.75 Å². The number of hydrogen-bond donors (Lipinski definition) is 5. The number of pyridine rings is 4. The minimum absolute atomic E-state index is 0. The molecule has 4 aromatic carbocycles. The number of hydrogen-bond acceptors (Lipinski definition) is 21. The summed E-state index contributed by atoms with van der Waals surface area (Å²) < 4.78 is 62.9. The van der Waals surface area contributed by atoms with Crippen molar-refractivity contribution in [2.24, 2.45) is 0 Å². The number of nitrogens with two attached hydrogens (primary N) is 3. The number of halogens is 6. The van der Waals surface area contributed by atoms with Crippen LogP contribution in [-0.4, -0.2) is 103 Å². The zero-order valence-corrected chi connectivity index (χ0v) is 53.9. The molecule has 0 aliphatic heterocycles. The Morgan fingerprint density at radius 2 is 0.979 bits per heavy atom. The fourth-order valence-corrected chi connectivity index (χ4v) is 7.84. The van der Waals surface area contributed by atoms with Crippen molar-refractivity contribution in [3.63, 3.8) is 0 Å². The second-order valence-corrected chi connectivity index (χ2v) is 18.8. The van der Waals surface area contributed by atoms with Crippen LogP contribution in [0.2, 0.25) is 5.02 Å². The summed E-state index contributed by atoms with van der Waals surface area (Å²) in [5.41, 5.74) is 21.0. The summed E-state index contributed by atoms with van der Waals surface area (Å²) in [4.78, 5) is 98.3. The first-order valence-corrected chi connectivity index (χ1v) is 26.8. The molecule has 6 aromatic heterocycles. The number of Topliss-reactive ketones (excluding diaryl/α,β-unsaturated/α-hetero) is 2. The molecule has 1 radical (unpaired) electrons. The molecule has 0 amide bonds. The maximum atomic E-state index is 13.0. The van der Waals surface area contributed by atoms with E-state index in [0.717, 1.165) is 18.1 Å². The van der Waals surface area contributed by atoms with Crippen molar-refractivity contribution in [3.05, 3.63) is 229 Å². The number of fused-ring (bicyclic) bond motifs is 2. The first-order valence-electron chi connectivity index (χ1n) is 26.0. The summed E-state index contributed by atoms with van der Waals surface area (Å²) in [6.07, 6.45) is 9.12. The third-order valence-electron chi connectivity index (χ3n) is 11.6. The van der Waals surface area contributed by atoms with Gasteiger partial charge >= 0.3 is 30.7 Å². The number of ether oxygens (including phenoxy) is 1. The topological polar surface area (TPSA) is 412 Å². The Balaban J connectivity index is 0.000000298. The molecular weight excluding hydrogens is 1340 g/mol. The van der Waals surface area contributed by atoms with Crippen LogP contribution in [-0.2, 0) is 38.6 Å². The van der Waals surface area contributed by atoms with Gasteiger partial charge in [0.2, 0.25) is 17.3 Å². The number of imidazole rings is 2. The summed E-state index contributed by atoms with van der Waals surface area (Å²) in [5, 5.41) is 47.0. The largest absolute Gasteiger partial charge is 0.569 e. The maximum absolute atomic E-state index is 13.0. The van der Waals surface area contributed by atoms with Gasteiger partial charge in [0.05, 0.1) is 50.6 Å². The average Bonchev–Trinajstić information content (AvgIpc) is 1.56. The van der Waals surface area contributed by atoms with E-state index in [0.29, 0.717) is 59.0 Å². The van der Waals surface area contributed by atoms with Crippen molar-refractivity contribution >= 4 is 106 Å². The second kappa shape index (κ2) is 37.3. The molecule has 0 spiro atoms. The maximum Gasteiger partial charge on any atom is 0.569 e. The SMILES string of the molecule is CC(=O)O.CC(=O)c1cnc2c(N)c(-c3ccc(F)cc3)ccn12.CC(=O)c1cnc2c([N+](=O)[O-])c(-c3ccc(F)cc3)ccn12.CCOC(=O)C(Cl)C=O.Nc1nccc(-c2ccc(F)cc2)c1[N+](=O)[O-].Nc1nccc(Cl)c1[N+](=O)[O-].O[B]Oc1ccc(F)cc1.[Zn]. The molecule has 35 heteroatoms. The van der Waals surface area contributed by atoms with Crippen molar-refractivity contribution in [2.45, 2.75) is 33.1 Å². The van der Waals surface area contributed by atoms with Crippen molar-refractivity contribution in [1.82, 2.24) is 28.7 Å². The van der Waals surface area contributed by atoms with Crippen LogP contribution in [0.25, 0.3) is 44.7 Å². The van der Waals surface area contributed by atoms with Crippen LogP contribution in [0.1, 0.15) is 48.7 Å². The number of rotatable bonds is 13. The summed E-state index contributed by atoms with van der Waals surface area (Å²) in [6, 6.07) is 28.3. The molecule has 94 heavy (non-hydrogen) atoms. The van der Waals surface area contributed by atoms with E-state index in [-0.39, 0.29) is 94.3 Å². The van der Waals surface area contributed by atoms with Gasteiger partial charge in [-0.2, -0.15) is 0 Å². The number of nitro groups is 3. The number of aldehydes is 1. The van der Waals surface area contributed by atoms with Gasteiger partial charge < -0.3 is 41.5 Å². The molecule has 27 nitrogen and oxygen atoms in total. The summed E-state index contributed by atoms with van der Waals surface area (Å²) in [5.74, 6) is -3.20. The Hall–Kier alpha value is -11.1. The summed E-state index contributed by atoms with van der Waals surface area (Å²) in [7, 11) is 0.549. The van der Waals surface area contributed by atoms with Gasteiger partial charge in [-0.3, -0.25) is 53.5 Å². The van der Waals surface area contributed by atoms with Gasteiger partial charge in [0.15, 0.2) is 22.6 Å². The number of ketones is 2. The zero-order chi connectivity index (χ0) is 69.2. The molecule has 0 bridgehead atoms. The van der Waals surface area contributed by atoms with Gasteiger partial charge in [0, 0.05) is 70.6 Å². The predicted molar refractivity (Wildman–Crippen MR) is 334 cm³/mol. The molecule has 1 atom stereocenters. The van der Waals surface area contributed by atoms with Gasteiger partial charge in [0.25, 0.3) is 5.97 Å². The van der Waals surface area contributed by atoms with E-state index in [1.807, 2.05) is 0 Å². The van der Waals surface area contributed by atoms with Gasteiger partial charge in [-0.05, 0) is 109 Å². The quantitative estimate of drug-likeness (QED) is 0.00824. The Morgan fingerprint density at radius 1 is 0.606 bits per heavy atom. The smallest absolute Gasteiger partial charge is 0.537 e. The van der Waals surface area contributed by atoms with E-state index in [1.165, 1.54) is 146 Å². The van der Waals surface area contributed by atoms with Gasteiger partial charge in [0.1, 0.15) is 51.7 Å². The van der Waals surface area contributed by atoms with E-state index < -0.39 is 43.7 Å². The minimum atomic E-state index is -1.15. The van der Waals surface area contributed by atoms with E-state index in [9.17, 15) is 67.1 Å². The molecule has 0 saturated heterocycles. The van der Waals surface area contributed by atoms with Crippen molar-refractivity contribution < 1.29 is 95.3 Å². The van der Waals surface area contributed by atoms with E-state index in [2.05, 4.69) is 29.3 Å². The molecule has 10 rings (SSSR count). The Labute approximate surface area is 552 Å². The fourth-order valence-electron chi connectivity index (χ4n) is 7.55. The number of aromatic nitrogens is 6.